The molecule has 9 nitrogen and oxygen atoms in total. The van der Waals surface area contributed by atoms with Gasteiger partial charge >= 0.3 is 11.9 Å². The average molecular weight is 815 g/mol. The van der Waals surface area contributed by atoms with Crippen LogP contribution in [-0.2, 0) is 35.0 Å². The van der Waals surface area contributed by atoms with Crippen molar-refractivity contribution in [3.05, 3.63) is 70.5 Å². The Bertz CT molecular complexity index is 1670. The van der Waals surface area contributed by atoms with Crippen LogP contribution in [-0.4, -0.2) is 80.9 Å². The Balaban J connectivity index is 0.000000419. The molecular formula is C41H52ClF5N2O7. The summed E-state index contributed by atoms with van der Waals surface area (Å²) in [6, 6.07) is 9.94. The van der Waals surface area contributed by atoms with Crippen LogP contribution in [0.3, 0.4) is 0 Å². The number of carbonyl (C=O) groups excluding carboxylic acids is 2. The fourth-order valence-electron chi connectivity index (χ4n) is 6.65. The van der Waals surface area contributed by atoms with Gasteiger partial charge in [-0.3, -0.25) is 9.59 Å². The van der Waals surface area contributed by atoms with Crippen molar-refractivity contribution < 1.29 is 55.7 Å². The van der Waals surface area contributed by atoms with E-state index in [1.807, 2.05) is 12.1 Å². The van der Waals surface area contributed by atoms with Crippen molar-refractivity contribution in [2.75, 3.05) is 50.3 Å². The quantitative estimate of drug-likeness (QED) is 0.0625. The number of ether oxygens (including phenoxy) is 3. The van der Waals surface area contributed by atoms with Gasteiger partial charge in [-0.1, -0.05) is 62.9 Å². The maximum Gasteiger partial charge on any atom is 0.330 e. The molecule has 0 aliphatic heterocycles. The molecule has 2 aromatic rings. The highest BCUT2D eigenvalue weighted by Crippen LogP contribution is 2.49. The largest absolute Gasteiger partial charge is 0.481 e. The van der Waals surface area contributed by atoms with E-state index in [0.717, 1.165) is 44.0 Å². The number of rotatable bonds is 19. The number of amides is 1. The van der Waals surface area contributed by atoms with E-state index in [1.165, 1.54) is 37.8 Å². The summed E-state index contributed by atoms with van der Waals surface area (Å²) in [6.07, 6.45) is 7.33. The molecule has 310 valence electrons. The number of hydrogen-bond acceptors (Lipinski definition) is 7. The topological polar surface area (TPSA) is 114 Å². The van der Waals surface area contributed by atoms with E-state index in [-0.39, 0.29) is 68.7 Å². The molecule has 3 aliphatic carbocycles. The lowest BCUT2D eigenvalue weighted by Gasteiger charge is -2.38. The van der Waals surface area contributed by atoms with Gasteiger partial charge in [0.1, 0.15) is 5.82 Å². The number of aliphatic carboxylic acids is 1. The smallest absolute Gasteiger partial charge is 0.330 e. The number of nitrogens with one attached hydrogen (secondary N) is 1. The molecule has 3 fully saturated rings. The van der Waals surface area contributed by atoms with Crippen molar-refractivity contribution in [3.8, 4) is 0 Å². The Labute approximate surface area is 329 Å². The summed E-state index contributed by atoms with van der Waals surface area (Å²) >= 11 is 5.87. The maximum absolute atomic E-state index is 14.5. The van der Waals surface area contributed by atoms with Crippen LogP contribution in [0.5, 0.6) is 0 Å². The Morgan fingerprint density at radius 2 is 1.62 bits per heavy atom. The number of halogens is 6. The van der Waals surface area contributed by atoms with Crippen molar-refractivity contribution in [1.29, 1.82) is 0 Å². The van der Waals surface area contributed by atoms with Crippen molar-refractivity contribution in [2.24, 2.45) is 17.8 Å². The molecule has 15 heteroatoms. The van der Waals surface area contributed by atoms with Gasteiger partial charge in [0.2, 0.25) is 5.91 Å². The van der Waals surface area contributed by atoms with E-state index in [2.05, 4.69) is 28.8 Å². The third-order valence-corrected chi connectivity index (χ3v) is 10.2. The Morgan fingerprint density at radius 3 is 2.20 bits per heavy atom. The van der Waals surface area contributed by atoms with Gasteiger partial charge in [0.05, 0.1) is 69.6 Å². The minimum Gasteiger partial charge on any atom is -0.481 e. The number of carboxylic acid groups (broad SMARTS) is 1. The highest BCUT2D eigenvalue weighted by Gasteiger charge is 2.57. The first-order valence-electron chi connectivity index (χ1n) is 19.0. The summed E-state index contributed by atoms with van der Waals surface area (Å²) in [5.74, 6) is -9.53. The summed E-state index contributed by atoms with van der Waals surface area (Å²) in [4.78, 5) is 37.8. The zero-order valence-electron chi connectivity index (χ0n) is 32.0. The number of esters is 1. The number of alkyl halides is 4. The van der Waals surface area contributed by atoms with E-state index in [4.69, 9.17) is 21.1 Å². The molecule has 3 atom stereocenters. The summed E-state index contributed by atoms with van der Waals surface area (Å²) in [5, 5.41) is 12.8. The number of carboxylic acids is 1. The van der Waals surface area contributed by atoms with Gasteiger partial charge in [-0.25, -0.2) is 26.7 Å². The minimum atomic E-state index is -2.72. The Morgan fingerprint density at radius 1 is 0.982 bits per heavy atom. The predicted molar refractivity (Wildman–Crippen MR) is 203 cm³/mol. The molecule has 2 N–H and O–H groups in total. The molecule has 3 aliphatic rings. The van der Waals surface area contributed by atoms with Crippen LogP contribution in [0, 0.1) is 23.6 Å². The molecule has 0 aromatic heterocycles. The number of hydrogen-bond donors (Lipinski definition) is 2. The SMILES string of the molecule is CC(C)CN(c1ccc(C(COCC2CC2(F)F)CC(=O)O)cc1NC(=O)Cc1ccc(Cl)cc1F)C1CCCCC1.COC(=O)/C=C/COCC1CC1(F)F. The third-order valence-electron chi connectivity index (χ3n) is 9.98. The first-order chi connectivity index (χ1) is 26.5. The fraction of sp³-hybridized carbons (Fsp3) is 0.585. The van der Waals surface area contributed by atoms with Gasteiger partial charge < -0.3 is 29.5 Å². The van der Waals surface area contributed by atoms with Crippen molar-refractivity contribution in [2.45, 2.75) is 95.4 Å². The monoisotopic (exact) mass is 814 g/mol. The first-order valence-corrected chi connectivity index (χ1v) is 19.4. The molecule has 0 bridgehead atoms. The second-order valence-corrected chi connectivity index (χ2v) is 15.6. The molecule has 3 unspecified atom stereocenters. The lowest BCUT2D eigenvalue weighted by Crippen LogP contribution is -2.40. The van der Waals surface area contributed by atoms with E-state index in [0.29, 0.717) is 17.2 Å². The van der Waals surface area contributed by atoms with Crippen molar-refractivity contribution in [1.82, 2.24) is 0 Å². The van der Waals surface area contributed by atoms with Crippen molar-refractivity contribution >= 4 is 40.8 Å². The fourth-order valence-corrected chi connectivity index (χ4v) is 6.81. The molecule has 0 heterocycles. The molecule has 0 radical (unpaired) electrons. The van der Waals surface area contributed by atoms with E-state index >= 15 is 0 Å². The molecule has 56 heavy (non-hydrogen) atoms. The molecule has 0 saturated heterocycles. The molecule has 1 amide bonds. The van der Waals surface area contributed by atoms with E-state index in [9.17, 15) is 41.4 Å². The molecule has 5 rings (SSSR count). The van der Waals surface area contributed by atoms with Gasteiger partial charge in [-0.05, 0) is 54.2 Å². The van der Waals surface area contributed by atoms with E-state index < -0.39 is 53.3 Å². The van der Waals surface area contributed by atoms with Crippen LogP contribution in [0.2, 0.25) is 5.02 Å². The van der Waals surface area contributed by atoms with Gasteiger partial charge in [0, 0.05) is 42.4 Å². The first kappa shape index (κ1) is 45.0. The van der Waals surface area contributed by atoms with Gasteiger partial charge in [0.15, 0.2) is 0 Å². The average Bonchev–Trinajstić information content (AvgIpc) is 3.97. The van der Waals surface area contributed by atoms with Crippen LogP contribution in [0.1, 0.15) is 82.3 Å². The van der Waals surface area contributed by atoms with Crippen LogP contribution in [0.15, 0.2) is 48.6 Å². The number of benzene rings is 2. The Hall–Kier alpha value is -3.75. The number of anilines is 2. The molecule has 2 aromatic carbocycles. The van der Waals surface area contributed by atoms with Crippen LogP contribution in [0.4, 0.5) is 33.3 Å². The highest BCUT2D eigenvalue weighted by molar-refractivity contribution is 6.30. The lowest BCUT2D eigenvalue weighted by molar-refractivity contribution is -0.138. The second-order valence-electron chi connectivity index (χ2n) is 15.2. The summed E-state index contributed by atoms with van der Waals surface area (Å²) in [5.41, 5.74) is 2.14. The molecular weight excluding hydrogens is 763 g/mol. The molecule has 0 spiro atoms. The van der Waals surface area contributed by atoms with E-state index in [1.54, 1.807) is 6.07 Å². The van der Waals surface area contributed by atoms with Crippen molar-refractivity contribution in [3.63, 3.8) is 0 Å². The number of methoxy groups -OCH3 is 1. The van der Waals surface area contributed by atoms with Gasteiger partial charge in [0.25, 0.3) is 11.8 Å². The number of nitrogens with zero attached hydrogens (tertiary/aromatic N) is 1. The van der Waals surface area contributed by atoms with Crippen LogP contribution < -0.4 is 10.2 Å². The normalized spacial score (nSPS) is 20.2. The summed E-state index contributed by atoms with van der Waals surface area (Å²) in [6.45, 7) is 5.04. The zero-order valence-corrected chi connectivity index (χ0v) is 32.8. The second kappa shape index (κ2) is 20.6. The minimum absolute atomic E-state index is 0.0402. The highest BCUT2D eigenvalue weighted by atomic mass is 35.5. The van der Waals surface area contributed by atoms with Gasteiger partial charge in [-0.2, -0.15) is 0 Å². The summed E-state index contributed by atoms with van der Waals surface area (Å²) < 4.78 is 80.6. The van der Waals surface area contributed by atoms with Gasteiger partial charge in [-0.15, -0.1) is 0 Å². The maximum atomic E-state index is 14.5. The van der Waals surface area contributed by atoms with Crippen LogP contribution in [0.25, 0.3) is 0 Å². The summed E-state index contributed by atoms with van der Waals surface area (Å²) in [7, 11) is 1.26. The predicted octanol–water partition coefficient (Wildman–Crippen LogP) is 9.07. The number of carbonyl (C=O) groups is 3. The molecule has 3 saturated carbocycles. The van der Waals surface area contributed by atoms with Crippen LogP contribution >= 0.6 is 11.6 Å². The Kier molecular flexibility index (Phi) is 16.5. The lowest BCUT2D eigenvalue weighted by atomic mass is 9.91. The standard InChI is InChI=1S/C32H40ClF3N2O4.C9H12F2O3/c1-20(2)17-38(26-6-4-3-5-7-26)29-11-9-21(23(14-31(40)41)18-42-19-24-16-32(24,35)36)12-28(29)37-30(39)13-22-8-10-25(33)15-27(22)34;1-13-8(12)3-2-4-14-6-7-5-9(7,10)11/h8-12,15,20,23-24,26H,3-7,13-14,16-19H2,1-2H3,(H,37,39)(H,40,41);2-3,7H,4-6H2,1H3/b;3-2+. The third kappa shape index (κ3) is 14.3. The zero-order chi connectivity index (χ0) is 41.0.